The maximum atomic E-state index is 4.53. The highest BCUT2D eigenvalue weighted by Crippen LogP contribution is 2.15. The summed E-state index contributed by atoms with van der Waals surface area (Å²) in [6.07, 6.45) is 0.964. The van der Waals surface area contributed by atoms with E-state index in [2.05, 4.69) is 44.9 Å². The zero-order chi connectivity index (χ0) is 15.9. The SMILES string of the molecule is Cc1cc(NCCc2ccccc2)nc(Nc2ccccc2)n1. The molecule has 2 N–H and O–H groups in total. The maximum absolute atomic E-state index is 4.53. The fraction of sp³-hybridized carbons (Fsp3) is 0.158. The van der Waals surface area contributed by atoms with Crippen LogP contribution in [0.25, 0.3) is 0 Å². The average molecular weight is 304 g/mol. The highest BCUT2D eigenvalue weighted by atomic mass is 15.1. The number of anilines is 3. The van der Waals surface area contributed by atoms with Crippen LogP contribution >= 0.6 is 0 Å². The van der Waals surface area contributed by atoms with E-state index in [1.165, 1.54) is 5.56 Å². The first kappa shape index (κ1) is 15.0. The molecule has 0 aliphatic rings. The van der Waals surface area contributed by atoms with Crippen LogP contribution in [-0.2, 0) is 6.42 Å². The summed E-state index contributed by atoms with van der Waals surface area (Å²) in [6.45, 7) is 2.81. The van der Waals surface area contributed by atoms with Gasteiger partial charge in [-0.1, -0.05) is 48.5 Å². The van der Waals surface area contributed by atoms with Crippen molar-refractivity contribution < 1.29 is 0 Å². The zero-order valence-electron chi connectivity index (χ0n) is 13.2. The monoisotopic (exact) mass is 304 g/mol. The number of hydrogen-bond acceptors (Lipinski definition) is 4. The molecule has 0 atom stereocenters. The van der Waals surface area contributed by atoms with Gasteiger partial charge in [-0.25, -0.2) is 4.98 Å². The molecule has 2 aromatic carbocycles. The van der Waals surface area contributed by atoms with Crippen LogP contribution in [0, 0.1) is 6.92 Å². The number of rotatable bonds is 6. The Morgan fingerprint density at radius 1 is 0.870 bits per heavy atom. The van der Waals surface area contributed by atoms with Gasteiger partial charge in [0.15, 0.2) is 0 Å². The molecule has 0 fully saturated rings. The van der Waals surface area contributed by atoms with Crippen molar-refractivity contribution in [3.8, 4) is 0 Å². The Labute approximate surface area is 136 Å². The molecule has 0 radical (unpaired) electrons. The number of para-hydroxylation sites is 1. The number of benzene rings is 2. The molecule has 0 saturated carbocycles. The Hall–Kier alpha value is -2.88. The van der Waals surface area contributed by atoms with Crippen molar-refractivity contribution in [2.75, 3.05) is 17.2 Å². The first-order valence-corrected chi connectivity index (χ1v) is 7.75. The van der Waals surface area contributed by atoms with Crippen LogP contribution in [0.15, 0.2) is 66.7 Å². The fourth-order valence-electron chi connectivity index (χ4n) is 2.35. The second kappa shape index (κ2) is 7.40. The molecule has 0 aliphatic carbocycles. The first-order valence-electron chi connectivity index (χ1n) is 7.75. The lowest BCUT2D eigenvalue weighted by atomic mass is 10.1. The van der Waals surface area contributed by atoms with Crippen molar-refractivity contribution in [3.05, 3.63) is 78.0 Å². The van der Waals surface area contributed by atoms with E-state index in [0.717, 1.165) is 30.2 Å². The third-order valence-corrected chi connectivity index (χ3v) is 3.45. The predicted octanol–water partition coefficient (Wildman–Crippen LogP) is 4.18. The number of aryl methyl sites for hydroxylation is 1. The molecule has 0 unspecified atom stereocenters. The topological polar surface area (TPSA) is 49.8 Å². The van der Waals surface area contributed by atoms with Gasteiger partial charge in [-0.2, -0.15) is 4.98 Å². The summed E-state index contributed by atoms with van der Waals surface area (Å²) in [5.41, 5.74) is 3.22. The fourth-order valence-corrected chi connectivity index (χ4v) is 2.35. The summed E-state index contributed by atoms with van der Waals surface area (Å²) in [5.74, 6) is 1.45. The molecule has 3 rings (SSSR count). The Balaban J connectivity index is 1.63. The number of nitrogens with zero attached hydrogens (tertiary/aromatic N) is 2. The Kier molecular flexibility index (Phi) is 4.84. The molecule has 23 heavy (non-hydrogen) atoms. The summed E-state index contributed by atoms with van der Waals surface area (Å²) in [5, 5.41) is 6.60. The van der Waals surface area contributed by atoms with Crippen molar-refractivity contribution >= 4 is 17.5 Å². The second-order valence-corrected chi connectivity index (χ2v) is 5.37. The van der Waals surface area contributed by atoms with Crippen molar-refractivity contribution in [1.82, 2.24) is 9.97 Å². The normalized spacial score (nSPS) is 10.3. The Bertz CT molecular complexity index is 742. The standard InChI is InChI=1S/C19H20N4/c1-15-14-18(20-13-12-16-8-4-2-5-9-16)23-19(21-15)22-17-10-6-3-7-11-17/h2-11,14H,12-13H2,1H3,(H2,20,21,22,23). The minimum atomic E-state index is 0.610. The predicted molar refractivity (Wildman–Crippen MR) is 95.1 cm³/mol. The minimum Gasteiger partial charge on any atom is -0.370 e. The molecule has 1 aromatic heterocycles. The van der Waals surface area contributed by atoms with E-state index in [0.29, 0.717) is 5.95 Å². The molecule has 3 aromatic rings. The van der Waals surface area contributed by atoms with E-state index in [1.807, 2.05) is 49.4 Å². The van der Waals surface area contributed by atoms with Crippen LogP contribution in [-0.4, -0.2) is 16.5 Å². The van der Waals surface area contributed by atoms with Crippen LogP contribution in [0.5, 0.6) is 0 Å². The van der Waals surface area contributed by atoms with Gasteiger partial charge in [0.2, 0.25) is 5.95 Å². The molecule has 0 amide bonds. The molecule has 0 saturated heterocycles. The van der Waals surface area contributed by atoms with Gasteiger partial charge >= 0.3 is 0 Å². The highest BCUT2D eigenvalue weighted by molar-refractivity contribution is 5.54. The zero-order valence-corrected chi connectivity index (χ0v) is 13.2. The van der Waals surface area contributed by atoms with Gasteiger partial charge in [0.05, 0.1) is 0 Å². The Morgan fingerprint density at radius 2 is 1.57 bits per heavy atom. The van der Waals surface area contributed by atoms with E-state index in [9.17, 15) is 0 Å². The average Bonchev–Trinajstić information content (AvgIpc) is 2.56. The van der Waals surface area contributed by atoms with E-state index in [4.69, 9.17) is 0 Å². The molecule has 116 valence electrons. The third kappa shape index (κ3) is 4.54. The molecule has 0 spiro atoms. The van der Waals surface area contributed by atoms with Crippen molar-refractivity contribution in [1.29, 1.82) is 0 Å². The summed E-state index contributed by atoms with van der Waals surface area (Å²) < 4.78 is 0. The van der Waals surface area contributed by atoms with Gasteiger partial charge in [0.1, 0.15) is 5.82 Å². The van der Waals surface area contributed by atoms with Gasteiger partial charge in [-0.05, 0) is 31.0 Å². The van der Waals surface area contributed by atoms with Crippen LogP contribution in [0.2, 0.25) is 0 Å². The summed E-state index contributed by atoms with van der Waals surface area (Å²) in [7, 11) is 0. The lowest BCUT2D eigenvalue weighted by Crippen LogP contribution is -2.08. The smallest absolute Gasteiger partial charge is 0.229 e. The van der Waals surface area contributed by atoms with Crippen LogP contribution in [0.1, 0.15) is 11.3 Å². The minimum absolute atomic E-state index is 0.610. The summed E-state index contributed by atoms with van der Waals surface area (Å²) in [6, 6.07) is 22.3. The van der Waals surface area contributed by atoms with Crippen molar-refractivity contribution in [3.63, 3.8) is 0 Å². The molecule has 4 nitrogen and oxygen atoms in total. The molecule has 4 heteroatoms. The Morgan fingerprint density at radius 3 is 2.30 bits per heavy atom. The number of nitrogens with one attached hydrogen (secondary N) is 2. The lowest BCUT2D eigenvalue weighted by molar-refractivity contribution is 0.995. The highest BCUT2D eigenvalue weighted by Gasteiger charge is 2.02. The third-order valence-electron chi connectivity index (χ3n) is 3.45. The summed E-state index contributed by atoms with van der Waals surface area (Å²) >= 11 is 0. The second-order valence-electron chi connectivity index (χ2n) is 5.37. The van der Waals surface area contributed by atoms with E-state index in [1.54, 1.807) is 0 Å². The van der Waals surface area contributed by atoms with Gasteiger partial charge in [0, 0.05) is 24.0 Å². The van der Waals surface area contributed by atoms with Crippen molar-refractivity contribution in [2.45, 2.75) is 13.3 Å². The largest absolute Gasteiger partial charge is 0.370 e. The molecular weight excluding hydrogens is 284 g/mol. The first-order chi connectivity index (χ1) is 11.3. The maximum Gasteiger partial charge on any atom is 0.229 e. The van der Waals surface area contributed by atoms with E-state index in [-0.39, 0.29) is 0 Å². The van der Waals surface area contributed by atoms with Gasteiger partial charge in [-0.15, -0.1) is 0 Å². The van der Waals surface area contributed by atoms with Crippen LogP contribution in [0.3, 0.4) is 0 Å². The number of hydrogen-bond donors (Lipinski definition) is 2. The van der Waals surface area contributed by atoms with E-state index < -0.39 is 0 Å². The van der Waals surface area contributed by atoms with Gasteiger partial charge in [-0.3, -0.25) is 0 Å². The number of aromatic nitrogens is 2. The molecule has 0 bridgehead atoms. The molecular formula is C19H20N4. The van der Waals surface area contributed by atoms with Crippen LogP contribution < -0.4 is 10.6 Å². The lowest BCUT2D eigenvalue weighted by Gasteiger charge is -2.10. The van der Waals surface area contributed by atoms with Gasteiger partial charge in [0.25, 0.3) is 0 Å². The molecule has 0 aliphatic heterocycles. The van der Waals surface area contributed by atoms with Crippen molar-refractivity contribution in [2.24, 2.45) is 0 Å². The van der Waals surface area contributed by atoms with Gasteiger partial charge < -0.3 is 10.6 Å². The van der Waals surface area contributed by atoms with Crippen LogP contribution in [0.4, 0.5) is 17.5 Å². The quantitative estimate of drug-likeness (QED) is 0.717. The molecule has 1 heterocycles. The summed E-state index contributed by atoms with van der Waals surface area (Å²) in [4.78, 5) is 8.96. The van der Waals surface area contributed by atoms with E-state index >= 15 is 0 Å².